The lowest BCUT2D eigenvalue weighted by molar-refractivity contribution is -0.159. The Morgan fingerprint density at radius 2 is 1.23 bits per heavy atom. The lowest BCUT2D eigenvalue weighted by Gasteiger charge is -2.49. The van der Waals surface area contributed by atoms with Gasteiger partial charge in [-0.25, -0.2) is 4.79 Å². The fraction of sp³-hybridized carbons (Fsp3) is 0.211. The molecular formula is C38H36BrN2O5PS. The number of amides is 2. The van der Waals surface area contributed by atoms with E-state index in [9.17, 15) is 19.2 Å². The van der Waals surface area contributed by atoms with Crippen molar-refractivity contribution in [3.63, 3.8) is 0 Å². The normalized spacial score (nSPS) is 17.5. The summed E-state index contributed by atoms with van der Waals surface area (Å²) in [4.78, 5) is 56.6. The van der Waals surface area contributed by atoms with Gasteiger partial charge in [0, 0.05) is 0 Å². The second kappa shape index (κ2) is 14.6. The monoisotopic (exact) mass is 742 g/mol. The Balaban J connectivity index is 0.00000451. The molecule has 0 aliphatic carbocycles. The number of nitrogens with zero attached hydrogens (tertiary/aromatic N) is 1. The number of carbonyl (C=O) groups is 4. The highest BCUT2D eigenvalue weighted by molar-refractivity contribution is 8.15. The van der Waals surface area contributed by atoms with Gasteiger partial charge in [-0.1, -0.05) is 96.7 Å². The van der Waals surface area contributed by atoms with Crippen LogP contribution in [0.1, 0.15) is 26.3 Å². The van der Waals surface area contributed by atoms with Gasteiger partial charge in [-0.05, 0) is 62.7 Å². The van der Waals surface area contributed by atoms with Crippen LogP contribution in [0.3, 0.4) is 0 Å². The van der Waals surface area contributed by atoms with Crippen LogP contribution in [0.25, 0.3) is 0 Å². The van der Waals surface area contributed by atoms with Crippen molar-refractivity contribution >= 4 is 57.8 Å². The third kappa shape index (κ3) is 7.05. The molecule has 0 unspecified atom stereocenters. The van der Waals surface area contributed by atoms with Crippen LogP contribution in [0.15, 0.2) is 133 Å². The predicted octanol–water partition coefficient (Wildman–Crippen LogP) is 1.75. The minimum absolute atomic E-state index is 0. The summed E-state index contributed by atoms with van der Waals surface area (Å²) >= 11 is 0.973. The van der Waals surface area contributed by atoms with E-state index in [0.717, 1.165) is 33.2 Å². The average Bonchev–Trinajstić information content (AvgIpc) is 3.07. The van der Waals surface area contributed by atoms with E-state index in [4.69, 9.17) is 4.74 Å². The molecule has 246 valence electrons. The Kier molecular flexibility index (Phi) is 10.7. The highest BCUT2D eigenvalue weighted by Gasteiger charge is 2.59. The minimum Gasteiger partial charge on any atom is -1.00 e. The number of fused-ring (bicyclic) bond motifs is 1. The number of carbonyl (C=O) groups excluding carboxylic acids is 4. The molecule has 48 heavy (non-hydrogen) atoms. The van der Waals surface area contributed by atoms with E-state index in [0.29, 0.717) is 0 Å². The SMILES string of the molecule is CC(C)(C)OC(=O)C1=C(C[P+](c2ccccc2)(c2ccccc2)c2ccccc2)C(=O)S[C@@H]2[C@H](NC(=O)Cc3ccccc3)C(=O)N12.[Br-]. The zero-order chi connectivity index (χ0) is 33.2. The van der Waals surface area contributed by atoms with E-state index in [-0.39, 0.29) is 51.9 Å². The van der Waals surface area contributed by atoms with Gasteiger partial charge in [0.05, 0.1) is 12.0 Å². The minimum atomic E-state index is -2.61. The summed E-state index contributed by atoms with van der Waals surface area (Å²) in [7, 11) is -2.61. The summed E-state index contributed by atoms with van der Waals surface area (Å²) in [5, 5.41) is 4.85. The Labute approximate surface area is 296 Å². The van der Waals surface area contributed by atoms with Crippen molar-refractivity contribution in [2.24, 2.45) is 0 Å². The molecule has 2 heterocycles. The molecule has 0 bridgehead atoms. The first-order chi connectivity index (χ1) is 22.6. The van der Waals surface area contributed by atoms with E-state index in [1.807, 2.05) is 84.9 Å². The molecule has 1 N–H and O–H groups in total. The Hall–Kier alpha value is -4.04. The first-order valence-corrected chi connectivity index (χ1v) is 18.3. The van der Waals surface area contributed by atoms with Gasteiger partial charge in [0.25, 0.3) is 5.91 Å². The van der Waals surface area contributed by atoms with Gasteiger partial charge in [0.1, 0.15) is 52.1 Å². The number of rotatable bonds is 9. The number of nitrogens with one attached hydrogen (secondary N) is 1. The second-order valence-corrected chi connectivity index (χ2v) is 17.1. The van der Waals surface area contributed by atoms with Gasteiger partial charge in [0.15, 0.2) is 0 Å². The van der Waals surface area contributed by atoms with Crippen molar-refractivity contribution in [1.82, 2.24) is 10.2 Å². The smallest absolute Gasteiger partial charge is 0.356 e. The van der Waals surface area contributed by atoms with E-state index >= 15 is 0 Å². The van der Waals surface area contributed by atoms with Crippen molar-refractivity contribution in [2.75, 3.05) is 6.16 Å². The number of β-lactam (4-membered cyclic amide) rings is 1. The number of hydrogen-bond donors (Lipinski definition) is 1. The maximum atomic E-state index is 14.3. The summed E-state index contributed by atoms with van der Waals surface area (Å²) in [5.41, 5.74) is 0.132. The fourth-order valence-corrected chi connectivity index (χ4v) is 11.6. The van der Waals surface area contributed by atoms with Gasteiger partial charge in [-0.3, -0.25) is 19.3 Å². The molecule has 2 aliphatic rings. The predicted molar refractivity (Wildman–Crippen MR) is 188 cm³/mol. The van der Waals surface area contributed by atoms with Gasteiger partial charge >= 0.3 is 5.97 Å². The van der Waals surface area contributed by atoms with Crippen LogP contribution in [0.5, 0.6) is 0 Å². The van der Waals surface area contributed by atoms with Crippen LogP contribution in [0.4, 0.5) is 0 Å². The second-order valence-electron chi connectivity index (χ2n) is 12.5. The molecule has 7 nitrogen and oxygen atoms in total. The molecule has 4 aromatic carbocycles. The van der Waals surface area contributed by atoms with E-state index < -0.39 is 36.2 Å². The largest absolute Gasteiger partial charge is 1.00 e. The molecular weight excluding hydrogens is 707 g/mol. The van der Waals surface area contributed by atoms with Crippen LogP contribution in [-0.4, -0.2) is 51.0 Å². The Morgan fingerprint density at radius 1 is 0.771 bits per heavy atom. The van der Waals surface area contributed by atoms with Gasteiger partial charge < -0.3 is 27.0 Å². The topological polar surface area (TPSA) is 92.8 Å². The molecule has 2 aliphatic heterocycles. The van der Waals surface area contributed by atoms with Crippen LogP contribution in [0.2, 0.25) is 0 Å². The van der Waals surface area contributed by atoms with Crippen LogP contribution in [0, 0.1) is 0 Å². The number of hydrogen-bond acceptors (Lipinski definition) is 6. The Bertz CT molecular complexity index is 1740. The summed E-state index contributed by atoms with van der Waals surface area (Å²) in [6, 6.07) is 38.4. The van der Waals surface area contributed by atoms with Crippen LogP contribution in [-0.2, 0) is 30.3 Å². The van der Waals surface area contributed by atoms with E-state index in [2.05, 4.69) is 41.7 Å². The van der Waals surface area contributed by atoms with E-state index in [1.54, 1.807) is 20.8 Å². The number of thioether (sulfide) groups is 1. The molecule has 1 saturated heterocycles. The van der Waals surface area contributed by atoms with Crippen LogP contribution < -0.4 is 38.2 Å². The summed E-state index contributed by atoms with van der Waals surface area (Å²) in [6.45, 7) is 5.26. The summed E-state index contributed by atoms with van der Waals surface area (Å²) in [5.74, 6) is -1.52. The standard InChI is InChI=1S/C38H35N2O5PS.BrH/c1-38(2,3)45-36(43)33-30(37(44)47-35-32(34(42)40(33)35)39-31(41)24-26-16-8-4-9-17-26)25-46(27-18-10-5-11-19-27,28-20-12-6-13-21-28)29-22-14-7-15-23-29;/h4-23,32,35H,24-25H2,1-3H3;1H/t32-,35-;/m1./s1. The highest BCUT2D eigenvalue weighted by atomic mass is 79.9. The molecule has 0 saturated carbocycles. The maximum absolute atomic E-state index is 14.3. The van der Waals surface area contributed by atoms with Gasteiger partial charge in [-0.15, -0.1) is 0 Å². The fourth-order valence-electron chi connectivity index (χ4n) is 6.08. The lowest BCUT2D eigenvalue weighted by atomic mass is 10.0. The summed E-state index contributed by atoms with van der Waals surface area (Å²) < 4.78 is 5.86. The number of esters is 1. The van der Waals surface area contributed by atoms with E-state index in [1.165, 1.54) is 4.90 Å². The molecule has 0 spiro atoms. The summed E-state index contributed by atoms with van der Waals surface area (Å²) in [6.07, 6.45) is 0.293. The molecule has 2 atom stereocenters. The first-order valence-electron chi connectivity index (χ1n) is 15.5. The molecule has 4 aromatic rings. The third-order valence-electron chi connectivity index (χ3n) is 8.15. The zero-order valence-corrected chi connectivity index (χ0v) is 30.1. The van der Waals surface area contributed by atoms with Gasteiger partial charge in [0.2, 0.25) is 11.0 Å². The quantitative estimate of drug-likeness (QED) is 0.160. The zero-order valence-electron chi connectivity index (χ0n) is 26.8. The number of benzene rings is 4. The number of halogens is 1. The average molecular weight is 744 g/mol. The maximum Gasteiger partial charge on any atom is 0.356 e. The van der Waals surface area contributed by atoms with Crippen molar-refractivity contribution in [3.05, 3.63) is 138 Å². The Morgan fingerprint density at radius 3 is 1.69 bits per heavy atom. The molecule has 6 rings (SSSR count). The molecule has 1 fully saturated rings. The molecule has 0 aromatic heterocycles. The van der Waals surface area contributed by atoms with Crippen LogP contribution >= 0.6 is 19.0 Å². The van der Waals surface area contributed by atoms with Crippen molar-refractivity contribution in [2.45, 2.75) is 44.2 Å². The first kappa shape index (κ1) is 35.3. The third-order valence-corrected chi connectivity index (χ3v) is 13.7. The highest BCUT2D eigenvalue weighted by Crippen LogP contribution is 2.58. The van der Waals surface area contributed by atoms with Crippen molar-refractivity contribution in [1.29, 1.82) is 0 Å². The number of ether oxygens (including phenoxy) is 1. The van der Waals surface area contributed by atoms with Gasteiger partial charge in [-0.2, -0.15) is 0 Å². The molecule has 0 radical (unpaired) electrons. The van der Waals surface area contributed by atoms with Crippen molar-refractivity contribution in [3.8, 4) is 0 Å². The van der Waals surface area contributed by atoms with Crippen molar-refractivity contribution < 1.29 is 40.9 Å². The molecule has 10 heteroatoms. The lowest BCUT2D eigenvalue weighted by Crippen LogP contribution is -3.00. The molecule has 2 amide bonds.